The van der Waals surface area contributed by atoms with E-state index in [1.54, 1.807) is 6.07 Å². The van der Waals surface area contributed by atoms with Crippen molar-refractivity contribution in [3.05, 3.63) is 64.7 Å². The van der Waals surface area contributed by atoms with Gasteiger partial charge in [0.15, 0.2) is 0 Å². The van der Waals surface area contributed by atoms with E-state index in [0.29, 0.717) is 11.7 Å². The Balaban J connectivity index is 1.58. The first-order valence-corrected chi connectivity index (χ1v) is 8.24. The average Bonchev–Trinajstić information content (AvgIpc) is 2.55. The van der Waals surface area contributed by atoms with Crippen molar-refractivity contribution in [3.8, 4) is 5.75 Å². The van der Waals surface area contributed by atoms with Crippen molar-refractivity contribution >= 4 is 0 Å². The Morgan fingerprint density at radius 2 is 1.95 bits per heavy atom. The molecule has 0 aromatic heterocycles. The number of aromatic hydroxyl groups is 1. The Labute approximate surface area is 133 Å². The molecule has 0 saturated carbocycles. The van der Waals surface area contributed by atoms with E-state index < -0.39 is 0 Å². The lowest BCUT2D eigenvalue weighted by molar-refractivity contribution is 0.359. The van der Waals surface area contributed by atoms with E-state index in [1.807, 2.05) is 13.0 Å². The maximum Gasteiger partial charge on any atom is 0.118 e. The van der Waals surface area contributed by atoms with Crippen molar-refractivity contribution in [2.45, 2.75) is 45.1 Å². The SMILES string of the molecule is Cc1cc(CCC(N)C2CCc3ccccc3C2)ccc1O. The number of rotatable bonds is 4. The summed E-state index contributed by atoms with van der Waals surface area (Å²) in [6, 6.07) is 14.9. The van der Waals surface area contributed by atoms with Crippen LogP contribution in [0.3, 0.4) is 0 Å². The van der Waals surface area contributed by atoms with Crippen LogP contribution in [0.1, 0.15) is 35.1 Å². The second-order valence-corrected chi connectivity index (χ2v) is 6.59. The van der Waals surface area contributed by atoms with Crippen LogP contribution in [-0.2, 0) is 19.3 Å². The number of aryl methyl sites for hydroxylation is 3. The average molecular weight is 295 g/mol. The van der Waals surface area contributed by atoms with Gasteiger partial charge >= 0.3 is 0 Å². The lowest BCUT2D eigenvalue weighted by atomic mass is 9.79. The molecule has 2 aromatic carbocycles. The number of hydrogen-bond acceptors (Lipinski definition) is 2. The molecule has 22 heavy (non-hydrogen) atoms. The van der Waals surface area contributed by atoms with Gasteiger partial charge in [0.25, 0.3) is 0 Å². The number of benzene rings is 2. The van der Waals surface area contributed by atoms with E-state index in [1.165, 1.54) is 23.1 Å². The molecule has 3 rings (SSSR count). The molecule has 2 atom stereocenters. The smallest absolute Gasteiger partial charge is 0.118 e. The highest BCUT2D eigenvalue weighted by Gasteiger charge is 2.23. The molecular weight excluding hydrogens is 270 g/mol. The summed E-state index contributed by atoms with van der Waals surface area (Å²) in [6.45, 7) is 1.94. The molecule has 2 heteroatoms. The second-order valence-electron chi connectivity index (χ2n) is 6.59. The van der Waals surface area contributed by atoms with Gasteiger partial charge in [-0.2, -0.15) is 0 Å². The summed E-state index contributed by atoms with van der Waals surface area (Å²) in [7, 11) is 0. The molecule has 0 spiro atoms. The van der Waals surface area contributed by atoms with Crippen molar-refractivity contribution in [2.75, 3.05) is 0 Å². The molecule has 0 saturated heterocycles. The highest BCUT2D eigenvalue weighted by molar-refractivity contribution is 5.35. The van der Waals surface area contributed by atoms with Crippen molar-refractivity contribution in [1.82, 2.24) is 0 Å². The predicted molar refractivity (Wildman–Crippen MR) is 91.1 cm³/mol. The summed E-state index contributed by atoms with van der Waals surface area (Å²) in [4.78, 5) is 0. The van der Waals surface area contributed by atoms with E-state index in [2.05, 4.69) is 30.3 Å². The van der Waals surface area contributed by atoms with Crippen molar-refractivity contribution in [1.29, 1.82) is 0 Å². The van der Waals surface area contributed by atoms with Gasteiger partial charge in [-0.25, -0.2) is 0 Å². The first-order chi connectivity index (χ1) is 10.6. The summed E-state index contributed by atoms with van der Waals surface area (Å²) in [5.74, 6) is 0.963. The number of nitrogens with two attached hydrogens (primary N) is 1. The Kier molecular flexibility index (Phi) is 4.49. The minimum absolute atomic E-state index is 0.252. The fourth-order valence-corrected chi connectivity index (χ4v) is 3.53. The van der Waals surface area contributed by atoms with E-state index >= 15 is 0 Å². The standard InChI is InChI=1S/C20H25NO/c1-14-12-15(7-11-20(14)22)6-10-19(21)18-9-8-16-4-2-3-5-17(16)13-18/h2-5,7,11-12,18-19,22H,6,8-10,13,21H2,1H3. The molecule has 116 valence electrons. The van der Waals surface area contributed by atoms with Gasteiger partial charge in [-0.1, -0.05) is 36.4 Å². The molecule has 2 aromatic rings. The molecule has 2 unspecified atom stereocenters. The number of phenols is 1. The normalized spacial score (nSPS) is 18.7. The van der Waals surface area contributed by atoms with Gasteiger partial charge in [0.05, 0.1) is 0 Å². The molecule has 1 aliphatic rings. The molecule has 0 aliphatic heterocycles. The van der Waals surface area contributed by atoms with Gasteiger partial charge in [0.2, 0.25) is 0 Å². The van der Waals surface area contributed by atoms with Crippen LogP contribution in [0.4, 0.5) is 0 Å². The highest BCUT2D eigenvalue weighted by Crippen LogP contribution is 2.28. The van der Waals surface area contributed by atoms with E-state index in [9.17, 15) is 5.11 Å². The quantitative estimate of drug-likeness (QED) is 0.902. The molecule has 1 aliphatic carbocycles. The van der Waals surface area contributed by atoms with Crippen LogP contribution in [-0.4, -0.2) is 11.1 Å². The Morgan fingerprint density at radius 3 is 2.73 bits per heavy atom. The van der Waals surface area contributed by atoms with Crippen molar-refractivity contribution < 1.29 is 5.11 Å². The van der Waals surface area contributed by atoms with Gasteiger partial charge in [-0.3, -0.25) is 0 Å². The molecule has 0 heterocycles. The summed E-state index contributed by atoms with van der Waals surface area (Å²) >= 11 is 0. The molecule has 3 N–H and O–H groups in total. The van der Waals surface area contributed by atoms with E-state index in [4.69, 9.17) is 5.73 Å². The zero-order valence-electron chi connectivity index (χ0n) is 13.3. The summed E-state index contributed by atoms with van der Waals surface area (Å²) in [5, 5.41) is 9.59. The van der Waals surface area contributed by atoms with Crippen LogP contribution >= 0.6 is 0 Å². The minimum Gasteiger partial charge on any atom is -0.508 e. The third-order valence-electron chi connectivity index (χ3n) is 5.02. The third-order valence-corrected chi connectivity index (χ3v) is 5.02. The molecule has 0 bridgehead atoms. The maximum absolute atomic E-state index is 9.59. The predicted octanol–water partition coefficient (Wildman–Crippen LogP) is 3.77. The van der Waals surface area contributed by atoms with Crippen molar-refractivity contribution in [2.24, 2.45) is 11.7 Å². The fourth-order valence-electron chi connectivity index (χ4n) is 3.53. The van der Waals surface area contributed by atoms with Crippen LogP contribution in [0, 0.1) is 12.8 Å². The first-order valence-electron chi connectivity index (χ1n) is 8.24. The summed E-state index contributed by atoms with van der Waals surface area (Å²) < 4.78 is 0. The van der Waals surface area contributed by atoms with Gasteiger partial charge in [-0.15, -0.1) is 0 Å². The second kappa shape index (κ2) is 6.53. The van der Waals surface area contributed by atoms with Crippen LogP contribution in [0.25, 0.3) is 0 Å². The van der Waals surface area contributed by atoms with Gasteiger partial charge < -0.3 is 10.8 Å². The zero-order valence-corrected chi connectivity index (χ0v) is 13.3. The minimum atomic E-state index is 0.252. The van der Waals surface area contributed by atoms with E-state index in [0.717, 1.165) is 31.2 Å². The van der Waals surface area contributed by atoms with Gasteiger partial charge in [-0.05, 0) is 73.3 Å². The molecular formula is C20H25NO. The van der Waals surface area contributed by atoms with Crippen LogP contribution in [0.15, 0.2) is 42.5 Å². The maximum atomic E-state index is 9.59. The third kappa shape index (κ3) is 3.33. The van der Waals surface area contributed by atoms with Gasteiger partial charge in [0, 0.05) is 6.04 Å². The Hall–Kier alpha value is -1.80. The lowest BCUT2D eigenvalue weighted by Gasteiger charge is -2.29. The van der Waals surface area contributed by atoms with Crippen LogP contribution in [0.5, 0.6) is 5.75 Å². The zero-order chi connectivity index (χ0) is 15.5. The molecule has 2 nitrogen and oxygen atoms in total. The van der Waals surface area contributed by atoms with Crippen molar-refractivity contribution in [3.63, 3.8) is 0 Å². The highest BCUT2D eigenvalue weighted by atomic mass is 16.3. The first kappa shape index (κ1) is 15.1. The molecule has 0 radical (unpaired) electrons. The Morgan fingerprint density at radius 1 is 1.18 bits per heavy atom. The van der Waals surface area contributed by atoms with Crippen LogP contribution in [0.2, 0.25) is 0 Å². The van der Waals surface area contributed by atoms with Crippen LogP contribution < -0.4 is 5.73 Å². The molecule has 0 amide bonds. The summed E-state index contributed by atoms with van der Waals surface area (Å²) in [6.07, 6.45) is 5.48. The fraction of sp³-hybridized carbons (Fsp3) is 0.400. The lowest BCUT2D eigenvalue weighted by Crippen LogP contribution is -2.34. The molecule has 0 fully saturated rings. The summed E-state index contributed by atoms with van der Waals surface area (Å²) in [5.41, 5.74) is 11.7. The number of hydrogen-bond donors (Lipinski definition) is 2. The monoisotopic (exact) mass is 295 g/mol. The topological polar surface area (TPSA) is 46.2 Å². The number of phenolic OH excluding ortho intramolecular Hbond substituents is 1. The van der Waals surface area contributed by atoms with E-state index in [-0.39, 0.29) is 6.04 Å². The Bertz CT molecular complexity index is 650. The van der Waals surface area contributed by atoms with Gasteiger partial charge in [0.1, 0.15) is 5.75 Å². The largest absolute Gasteiger partial charge is 0.508 e. The number of fused-ring (bicyclic) bond motifs is 1.